The first-order valence-corrected chi connectivity index (χ1v) is 44.7. The van der Waals surface area contributed by atoms with Crippen molar-refractivity contribution in [3.05, 3.63) is 168 Å². The molecule has 0 unspecified atom stereocenters. The Hall–Kier alpha value is -7.89. The molecule has 626 valence electrons. The Morgan fingerprint density at radius 1 is 0.307 bits per heavy atom. The molecule has 5 aliphatic carbocycles. The Bertz CT molecular complexity index is 3560. The summed E-state index contributed by atoms with van der Waals surface area (Å²) in [5, 5.41) is 17.7. The van der Waals surface area contributed by atoms with Gasteiger partial charge in [0.2, 0.25) is 0 Å². The number of unbranched alkanes of at least 4 members (excludes halogenated alkanes) is 9. The molecule has 0 radical (unpaired) electrons. The SMILES string of the molecule is C.C.CCCCC1CCC(C(=O)Oc2ccc(OCC)cc2)CC1.CCCCCC1CCC(C(=O)Oc2ccc(OC)cc2)CC1.CCCCCC1CCC(C(=O)Oc2ccc(OCCC)cc2)CC1.CCCCCC1CCC(c2ccc(-c3ccc(C#N)cc3)cc2)CC1.CCCCCC1CCC(c2ccc(C#N)cc2)CC1. The highest BCUT2D eigenvalue weighted by Crippen LogP contribution is 2.41. The van der Waals surface area contributed by atoms with Gasteiger partial charge in [-0.25, -0.2) is 0 Å². The van der Waals surface area contributed by atoms with Gasteiger partial charge in [0.05, 0.1) is 61.3 Å². The maximum absolute atomic E-state index is 12.3. The number of carbonyl (C=O) groups excluding carboxylic acids is 3. The van der Waals surface area contributed by atoms with Gasteiger partial charge in [-0.1, -0.05) is 227 Å². The van der Waals surface area contributed by atoms with Crippen molar-refractivity contribution in [2.24, 2.45) is 47.3 Å². The first-order valence-electron chi connectivity index (χ1n) is 44.7. The fourth-order valence-corrected chi connectivity index (χ4v) is 17.2. The quantitative estimate of drug-likeness (QED) is 0.0215. The molecule has 0 aromatic heterocycles. The third-order valence-corrected chi connectivity index (χ3v) is 24.5. The molecule has 11 rings (SSSR count). The average Bonchev–Trinajstić information content (AvgIpc) is 0.830. The van der Waals surface area contributed by atoms with E-state index in [1.807, 2.05) is 91.9 Å². The average molecular weight is 1560 g/mol. The Morgan fingerprint density at radius 2 is 0.570 bits per heavy atom. The zero-order valence-corrected chi connectivity index (χ0v) is 70.4. The molecule has 11 heteroatoms. The second-order valence-corrected chi connectivity index (χ2v) is 32.9. The number of rotatable bonds is 34. The molecular weight excluding hydrogens is 1410 g/mol. The molecule has 114 heavy (non-hydrogen) atoms. The largest absolute Gasteiger partial charge is 0.497 e. The van der Waals surface area contributed by atoms with Crippen LogP contribution in [0, 0.1) is 70.0 Å². The highest BCUT2D eigenvalue weighted by molar-refractivity contribution is 5.76. The second-order valence-electron chi connectivity index (χ2n) is 32.9. The van der Waals surface area contributed by atoms with Gasteiger partial charge in [0.1, 0.15) is 34.5 Å². The topological polar surface area (TPSA) is 154 Å². The molecular formula is C103H150N2O9. The van der Waals surface area contributed by atoms with Gasteiger partial charge in [0, 0.05) is 0 Å². The minimum atomic E-state index is -0.0721. The monoisotopic (exact) mass is 1560 g/mol. The van der Waals surface area contributed by atoms with E-state index in [0.29, 0.717) is 30.5 Å². The Kier molecular flexibility index (Phi) is 48.5. The molecule has 0 spiro atoms. The molecule has 5 saturated carbocycles. The maximum Gasteiger partial charge on any atom is 0.314 e. The number of ether oxygens (including phenoxy) is 6. The molecule has 0 N–H and O–H groups in total. The van der Waals surface area contributed by atoms with Crippen LogP contribution in [0.4, 0.5) is 0 Å². The summed E-state index contributed by atoms with van der Waals surface area (Å²) >= 11 is 0. The summed E-state index contributed by atoms with van der Waals surface area (Å²) in [5.74, 6) is 10.1. The molecule has 0 amide bonds. The molecule has 5 aliphatic rings. The van der Waals surface area contributed by atoms with Crippen LogP contribution in [0.3, 0.4) is 0 Å². The minimum Gasteiger partial charge on any atom is -0.497 e. The number of nitriles is 2. The van der Waals surface area contributed by atoms with Gasteiger partial charge in [0.25, 0.3) is 0 Å². The summed E-state index contributed by atoms with van der Waals surface area (Å²) in [6.07, 6.45) is 50.5. The van der Waals surface area contributed by atoms with Crippen LogP contribution >= 0.6 is 0 Å². The molecule has 0 saturated heterocycles. The third kappa shape index (κ3) is 36.1. The fraction of sp³-hybridized carbons (Fsp3) is 0.602. The van der Waals surface area contributed by atoms with Crippen LogP contribution in [0.25, 0.3) is 11.1 Å². The summed E-state index contributed by atoms with van der Waals surface area (Å²) in [4.78, 5) is 36.8. The van der Waals surface area contributed by atoms with E-state index >= 15 is 0 Å². The number of methoxy groups -OCH3 is 1. The van der Waals surface area contributed by atoms with Gasteiger partial charge in [-0.3, -0.25) is 14.4 Å². The van der Waals surface area contributed by atoms with Crippen molar-refractivity contribution in [1.82, 2.24) is 0 Å². The van der Waals surface area contributed by atoms with E-state index in [-0.39, 0.29) is 50.5 Å². The van der Waals surface area contributed by atoms with Crippen LogP contribution in [0.2, 0.25) is 0 Å². The lowest BCUT2D eigenvalue weighted by Crippen LogP contribution is -2.25. The van der Waals surface area contributed by atoms with Gasteiger partial charge >= 0.3 is 17.9 Å². The van der Waals surface area contributed by atoms with Crippen LogP contribution in [0.5, 0.6) is 34.5 Å². The first-order chi connectivity index (χ1) is 54.8. The van der Waals surface area contributed by atoms with Crippen LogP contribution in [0.15, 0.2) is 146 Å². The van der Waals surface area contributed by atoms with Crippen molar-refractivity contribution < 1.29 is 42.8 Å². The number of hydrogen-bond acceptors (Lipinski definition) is 11. The van der Waals surface area contributed by atoms with Crippen molar-refractivity contribution in [2.75, 3.05) is 20.3 Å². The summed E-state index contributed by atoms with van der Waals surface area (Å²) < 4.78 is 32.6. The van der Waals surface area contributed by atoms with Crippen LogP contribution in [-0.2, 0) is 14.4 Å². The molecule has 6 aromatic rings. The van der Waals surface area contributed by atoms with Crippen molar-refractivity contribution in [1.29, 1.82) is 10.5 Å². The zero-order valence-electron chi connectivity index (χ0n) is 70.4. The Labute approximate surface area is 692 Å². The highest BCUT2D eigenvalue weighted by Gasteiger charge is 2.31. The number of nitrogens with zero attached hydrogens (tertiary/aromatic N) is 2. The molecule has 0 atom stereocenters. The van der Waals surface area contributed by atoms with E-state index in [0.717, 1.165) is 115 Å². The molecule has 0 bridgehead atoms. The predicted octanol–water partition coefficient (Wildman–Crippen LogP) is 29.5. The van der Waals surface area contributed by atoms with E-state index in [9.17, 15) is 14.4 Å². The number of benzene rings is 6. The van der Waals surface area contributed by atoms with E-state index < -0.39 is 0 Å². The Morgan fingerprint density at radius 3 is 0.860 bits per heavy atom. The zero-order chi connectivity index (χ0) is 79.8. The van der Waals surface area contributed by atoms with E-state index in [1.54, 1.807) is 31.4 Å². The van der Waals surface area contributed by atoms with Gasteiger partial charge < -0.3 is 28.4 Å². The van der Waals surface area contributed by atoms with Crippen molar-refractivity contribution in [3.8, 4) is 57.8 Å². The van der Waals surface area contributed by atoms with Crippen molar-refractivity contribution in [2.45, 2.75) is 332 Å². The normalized spacial score (nSPS) is 20.8. The lowest BCUT2D eigenvalue weighted by molar-refractivity contribution is -0.141. The maximum atomic E-state index is 12.3. The molecule has 0 aliphatic heterocycles. The third-order valence-electron chi connectivity index (χ3n) is 24.5. The number of esters is 3. The van der Waals surface area contributed by atoms with Crippen LogP contribution in [-0.4, -0.2) is 38.2 Å². The molecule has 6 aromatic carbocycles. The summed E-state index contributed by atoms with van der Waals surface area (Å²) in [5.41, 5.74) is 6.86. The molecule has 11 nitrogen and oxygen atoms in total. The van der Waals surface area contributed by atoms with E-state index in [2.05, 4.69) is 90.1 Å². The summed E-state index contributed by atoms with van der Waals surface area (Å²) in [6, 6.07) is 51.4. The lowest BCUT2D eigenvalue weighted by atomic mass is 9.77. The summed E-state index contributed by atoms with van der Waals surface area (Å²) in [6.45, 7) is 16.7. The predicted molar refractivity (Wildman–Crippen MR) is 473 cm³/mol. The standard InChI is InChI=1S/C24H29N.C21H32O3.2C19H28O3.C18H25N.2CH4/c1-2-3-4-5-19-6-10-21(11-7-19)23-14-16-24(17-15-23)22-12-8-20(18-25)9-13-22;1-3-5-6-7-17-8-10-18(11-9-17)21(22)24-20-14-12-19(13-15-20)23-16-4-2;1-3-4-5-6-15-7-9-16(10-8-15)19(20)22-18-13-11-17(21-2)12-14-18;1-3-5-6-15-7-9-16(10-8-15)19(20)22-18-13-11-17(12-14-18)21-4-2;1-2-3-4-5-15-6-10-17(11-7-15)18-12-8-16(14-19)9-13-18;;/h8-9,12-17,19,21H,2-7,10-11H2,1H3;12-15,17-18H,3-11,16H2,1-2H3;2*11-16H,3-10H2,1-2H3;8-9,12-13,15,17H,2-7,10-11H2,1H3;2*1H4. The van der Waals surface area contributed by atoms with Crippen LogP contribution in [0.1, 0.15) is 354 Å². The fourth-order valence-electron chi connectivity index (χ4n) is 17.2. The van der Waals surface area contributed by atoms with Crippen LogP contribution < -0.4 is 28.4 Å². The van der Waals surface area contributed by atoms with E-state index in [4.69, 9.17) is 38.9 Å². The molecule has 5 fully saturated rings. The van der Waals surface area contributed by atoms with Gasteiger partial charge in [-0.05, 0) is 303 Å². The highest BCUT2D eigenvalue weighted by atomic mass is 16.5. The first kappa shape index (κ1) is 96.7. The van der Waals surface area contributed by atoms with Gasteiger partial charge in [0.15, 0.2) is 0 Å². The second kappa shape index (κ2) is 57.2. The number of carbonyl (C=O) groups is 3. The van der Waals surface area contributed by atoms with Crippen molar-refractivity contribution >= 4 is 17.9 Å². The molecule has 0 heterocycles. The lowest BCUT2D eigenvalue weighted by Gasteiger charge is -2.29. The van der Waals surface area contributed by atoms with Gasteiger partial charge in [-0.2, -0.15) is 10.5 Å². The smallest absolute Gasteiger partial charge is 0.314 e. The summed E-state index contributed by atoms with van der Waals surface area (Å²) in [7, 11) is 1.62. The van der Waals surface area contributed by atoms with Gasteiger partial charge in [-0.15, -0.1) is 0 Å². The Balaban J connectivity index is 0.000000254. The minimum absolute atomic E-state index is 0. The van der Waals surface area contributed by atoms with Crippen molar-refractivity contribution in [3.63, 3.8) is 0 Å². The van der Waals surface area contributed by atoms with E-state index in [1.165, 1.54) is 234 Å². The number of hydrogen-bond donors (Lipinski definition) is 0.